The maximum absolute atomic E-state index is 4.89. The summed E-state index contributed by atoms with van der Waals surface area (Å²) in [4.78, 5) is 0. The molecule has 0 aliphatic heterocycles. The van der Waals surface area contributed by atoms with Gasteiger partial charge in [-0.1, -0.05) is 6.07 Å². The van der Waals surface area contributed by atoms with Crippen molar-refractivity contribution in [3.63, 3.8) is 0 Å². The van der Waals surface area contributed by atoms with Crippen LogP contribution in [0.5, 0.6) is 0 Å². The van der Waals surface area contributed by atoms with E-state index in [2.05, 4.69) is 42.5 Å². The molecule has 0 radical (unpaired) electrons. The van der Waals surface area contributed by atoms with Gasteiger partial charge in [-0.25, -0.2) is 0 Å². The normalized spacial score (nSPS) is 8.83. The van der Waals surface area contributed by atoms with E-state index in [0.29, 0.717) is 0 Å². The van der Waals surface area contributed by atoms with Crippen LogP contribution in [-0.4, -0.2) is 0 Å². The predicted molar refractivity (Wildman–Crippen MR) is 51.2 cm³/mol. The minimum absolute atomic E-state index is 0.556. The number of fused-ring (bicyclic) bond motifs is 1. The SMILES string of the molecule is [Cl][Ti][Cl].c1ccc2[cH-]ccc2c1. The van der Waals surface area contributed by atoms with Crippen LogP contribution in [0.3, 0.4) is 0 Å². The number of halogens is 2. The minimum Gasteiger partial charge on any atom is -0.168 e. The van der Waals surface area contributed by atoms with Crippen molar-refractivity contribution in [1.82, 2.24) is 0 Å². The van der Waals surface area contributed by atoms with E-state index in [-0.39, 0.29) is 0 Å². The van der Waals surface area contributed by atoms with E-state index in [4.69, 9.17) is 18.6 Å². The van der Waals surface area contributed by atoms with Crippen molar-refractivity contribution in [3.05, 3.63) is 42.5 Å². The molecular weight excluding hydrogens is 227 g/mol. The van der Waals surface area contributed by atoms with Crippen LogP contribution in [0.15, 0.2) is 42.5 Å². The molecule has 0 nitrogen and oxygen atoms in total. The second-order valence-electron chi connectivity index (χ2n) is 2.23. The molecule has 0 saturated heterocycles. The van der Waals surface area contributed by atoms with Gasteiger partial charge in [-0.2, -0.15) is 17.5 Å². The molecule has 0 unspecified atom stereocenters. The second-order valence-corrected chi connectivity index (χ2v) is 4.81. The monoisotopic (exact) mass is 233 g/mol. The molecule has 62 valence electrons. The second kappa shape index (κ2) is 5.72. The standard InChI is InChI=1S/C9H7.2ClH.Ti/c1-2-5-9-7-3-6-8(9)4-1;;;/h1-7H;2*1H;/q-1;;;+2/p-2. The average Bonchev–Trinajstić information content (AvgIpc) is 2.52. The first kappa shape index (κ1) is 10.2. The predicted octanol–water partition coefficient (Wildman–Crippen LogP) is 3.94. The maximum atomic E-state index is 4.89. The first-order valence-electron chi connectivity index (χ1n) is 3.45. The van der Waals surface area contributed by atoms with Crippen LogP contribution in [0.25, 0.3) is 10.8 Å². The van der Waals surface area contributed by atoms with Crippen molar-refractivity contribution in [3.8, 4) is 0 Å². The van der Waals surface area contributed by atoms with E-state index in [9.17, 15) is 0 Å². The summed E-state index contributed by atoms with van der Waals surface area (Å²) in [6, 6.07) is 14.7. The number of hydrogen-bond acceptors (Lipinski definition) is 0. The molecular formula is C9H7Cl2Ti-. The molecule has 0 amide bonds. The van der Waals surface area contributed by atoms with Crippen LogP contribution < -0.4 is 0 Å². The number of benzene rings is 1. The molecule has 2 aromatic rings. The van der Waals surface area contributed by atoms with Crippen LogP contribution >= 0.6 is 18.6 Å². The third-order valence-corrected chi connectivity index (χ3v) is 1.55. The average molecular weight is 234 g/mol. The maximum Gasteiger partial charge on any atom is -0.0809 e. The van der Waals surface area contributed by atoms with E-state index < -0.39 is 17.0 Å². The smallest absolute Gasteiger partial charge is 0.0809 e. The summed E-state index contributed by atoms with van der Waals surface area (Å²) >= 11 is -0.556. The van der Waals surface area contributed by atoms with Gasteiger partial charge in [0.25, 0.3) is 0 Å². The van der Waals surface area contributed by atoms with Gasteiger partial charge in [0.15, 0.2) is 0 Å². The van der Waals surface area contributed by atoms with Crippen LogP contribution in [-0.2, 0) is 17.0 Å². The molecule has 0 aromatic heterocycles. The Kier molecular flexibility index (Phi) is 4.86. The fourth-order valence-electron chi connectivity index (χ4n) is 1.07. The van der Waals surface area contributed by atoms with Gasteiger partial charge in [0, 0.05) is 0 Å². The summed E-state index contributed by atoms with van der Waals surface area (Å²) < 4.78 is 0. The summed E-state index contributed by atoms with van der Waals surface area (Å²) in [5, 5.41) is 2.66. The summed E-state index contributed by atoms with van der Waals surface area (Å²) in [7, 11) is 9.78. The zero-order chi connectivity index (χ0) is 8.81. The van der Waals surface area contributed by atoms with E-state index in [1.165, 1.54) is 10.8 Å². The largest absolute Gasteiger partial charge is 0.168 e. The van der Waals surface area contributed by atoms with Gasteiger partial charge in [-0.3, -0.25) is 0 Å². The zero-order valence-electron chi connectivity index (χ0n) is 6.30. The van der Waals surface area contributed by atoms with Gasteiger partial charge in [0.1, 0.15) is 0 Å². The van der Waals surface area contributed by atoms with Crippen molar-refractivity contribution >= 4 is 29.4 Å². The molecule has 0 aliphatic carbocycles. The van der Waals surface area contributed by atoms with Gasteiger partial charge < -0.3 is 0 Å². The molecule has 2 rings (SSSR count). The summed E-state index contributed by atoms with van der Waals surface area (Å²) in [5.41, 5.74) is 0. The number of hydrogen-bond donors (Lipinski definition) is 0. The Bertz CT molecular complexity index is 300. The molecule has 0 saturated carbocycles. The molecule has 0 N–H and O–H groups in total. The Labute approximate surface area is 88.5 Å². The minimum atomic E-state index is -0.556. The first-order valence-corrected chi connectivity index (χ1v) is 7.75. The van der Waals surface area contributed by atoms with Gasteiger partial charge in [0.05, 0.1) is 0 Å². The molecule has 0 fully saturated rings. The number of rotatable bonds is 0. The third kappa shape index (κ3) is 2.87. The fraction of sp³-hybridized carbons (Fsp3) is 0. The summed E-state index contributed by atoms with van der Waals surface area (Å²) in [6.45, 7) is 0. The van der Waals surface area contributed by atoms with Gasteiger partial charge in [0.2, 0.25) is 0 Å². The Balaban J connectivity index is 0.000000213. The Hall–Kier alpha value is 0.124. The van der Waals surface area contributed by atoms with Gasteiger partial charge in [-0.15, -0.1) is 29.7 Å². The Morgan fingerprint density at radius 1 is 1.08 bits per heavy atom. The molecule has 0 spiro atoms. The van der Waals surface area contributed by atoms with Crippen molar-refractivity contribution < 1.29 is 17.0 Å². The van der Waals surface area contributed by atoms with Crippen molar-refractivity contribution in [1.29, 1.82) is 0 Å². The van der Waals surface area contributed by atoms with Crippen LogP contribution in [0.2, 0.25) is 0 Å². The van der Waals surface area contributed by atoms with Crippen molar-refractivity contribution in [2.75, 3.05) is 0 Å². The molecule has 3 heteroatoms. The first-order chi connectivity index (χ1) is 5.88. The van der Waals surface area contributed by atoms with Gasteiger partial charge >= 0.3 is 35.6 Å². The van der Waals surface area contributed by atoms with E-state index in [0.717, 1.165) is 0 Å². The summed E-state index contributed by atoms with van der Waals surface area (Å²) in [5.74, 6) is 0. The van der Waals surface area contributed by atoms with E-state index in [1.54, 1.807) is 0 Å². The summed E-state index contributed by atoms with van der Waals surface area (Å²) in [6.07, 6.45) is 0. The quantitative estimate of drug-likeness (QED) is 0.478. The molecule has 2 aromatic carbocycles. The Morgan fingerprint density at radius 2 is 1.75 bits per heavy atom. The topological polar surface area (TPSA) is 0 Å². The van der Waals surface area contributed by atoms with Crippen LogP contribution in [0, 0.1) is 0 Å². The van der Waals surface area contributed by atoms with Crippen molar-refractivity contribution in [2.45, 2.75) is 0 Å². The third-order valence-electron chi connectivity index (χ3n) is 1.55. The van der Waals surface area contributed by atoms with Crippen molar-refractivity contribution in [2.24, 2.45) is 0 Å². The molecule has 0 atom stereocenters. The molecule has 0 heterocycles. The van der Waals surface area contributed by atoms with E-state index in [1.807, 2.05) is 0 Å². The van der Waals surface area contributed by atoms with Crippen LogP contribution in [0.1, 0.15) is 0 Å². The van der Waals surface area contributed by atoms with Crippen LogP contribution in [0.4, 0.5) is 0 Å². The zero-order valence-corrected chi connectivity index (χ0v) is 9.37. The van der Waals surface area contributed by atoms with Gasteiger partial charge in [-0.05, 0) is 0 Å². The Morgan fingerprint density at radius 3 is 2.42 bits per heavy atom. The molecule has 0 aliphatic rings. The fourth-order valence-corrected chi connectivity index (χ4v) is 1.07. The molecule has 12 heavy (non-hydrogen) atoms. The molecule has 0 bridgehead atoms. The van der Waals surface area contributed by atoms with E-state index >= 15 is 0 Å².